The Kier molecular flexibility index (Phi) is 15.3. The minimum Gasteiger partial charge on any atom is -0.472 e. The van der Waals surface area contributed by atoms with Crippen molar-refractivity contribution >= 4 is 0 Å². The molecule has 0 fully saturated rings. The minimum absolute atomic E-state index is 0. The molecular weight excluding hydrogens is 280 g/mol. The van der Waals surface area contributed by atoms with Gasteiger partial charge in [0.05, 0.1) is 12.5 Å². The molecule has 0 spiro atoms. The Hall–Kier alpha value is -1.24. The summed E-state index contributed by atoms with van der Waals surface area (Å²) in [5, 5.41) is 0. The Bertz CT molecular complexity index is 406. The molecule has 0 bridgehead atoms. The molecule has 2 rings (SSSR count). The van der Waals surface area contributed by atoms with Gasteiger partial charge in [0.1, 0.15) is 0 Å². The van der Waals surface area contributed by atoms with E-state index in [9.17, 15) is 0 Å². The van der Waals surface area contributed by atoms with Crippen LogP contribution in [0.25, 0.3) is 0 Å². The third-order valence-electron chi connectivity index (χ3n) is 3.12. The van der Waals surface area contributed by atoms with E-state index in [1.807, 2.05) is 33.8 Å². The highest BCUT2D eigenvalue weighted by molar-refractivity contribution is 5.26. The summed E-state index contributed by atoms with van der Waals surface area (Å²) >= 11 is 0. The lowest BCUT2D eigenvalue weighted by Crippen LogP contribution is -2.08. The normalized spacial score (nSPS) is 12.3. The van der Waals surface area contributed by atoms with E-state index >= 15 is 0 Å². The molecule has 0 saturated heterocycles. The molecule has 0 N–H and O–H groups in total. The fraction of sp³-hybridized carbons (Fsp3) is 0.636. The van der Waals surface area contributed by atoms with Gasteiger partial charge in [-0.2, -0.15) is 0 Å². The van der Waals surface area contributed by atoms with Crippen LogP contribution in [0.1, 0.15) is 88.6 Å². The van der Waals surface area contributed by atoms with Crippen molar-refractivity contribution in [1.82, 2.24) is 0 Å². The molecule has 136 valence electrons. The summed E-state index contributed by atoms with van der Waals surface area (Å²) in [7, 11) is 0. The SMILES string of the molecule is C.CC.CC.CC(C)(C)C1=CC=CC1.CC(C)(C)c1ccoc1. The first kappa shape index (κ1) is 26.6. The molecule has 0 atom stereocenters. The summed E-state index contributed by atoms with van der Waals surface area (Å²) in [4.78, 5) is 0. The summed E-state index contributed by atoms with van der Waals surface area (Å²) in [5.41, 5.74) is 3.40. The van der Waals surface area contributed by atoms with E-state index < -0.39 is 0 Å². The highest BCUT2D eigenvalue weighted by atomic mass is 16.3. The lowest BCUT2D eigenvalue weighted by atomic mass is 9.86. The van der Waals surface area contributed by atoms with Gasteiger partial charge in [-0.3, -0.25) is 0 Å². The highest BCUT2D eigenvalue weighted by Gasteiger charge is 2.16. The van der Waals surface area contributed by atoms with Crippen LogP contribution in [0.5, 0.6) is 0 Å². The maximum absolute atomic E-state index is 4.94. The first-order valence-corrected chi connectivity index (χ1v) is 8.60. The average Bonchev–Trinajstić information content (AvgIpc) is 3.16. The van der Waals surface area contributed by atoms with Crippen LogP contribution in [0, 0.1) is 5.41 Å². The fourth-order valence-corrected chi connectivity index (χ4v) is 1.69. The van der Waals surface area contributed by atoms with Gasteiger partial charge in [-0.1, -0.05) is 100 Å². The lowest BCUT2D eigenvalue weighted by Gasteiger charge is -2.19. The number of hydrogen-bond donors (Lipinski definition) is 0. The standard InChI is InChI=1S/C9H14.C8H12O.2C2H6.CH4/c1-9(2,3)8-6-4-5-7-8;1-8(2,3)7-4-5-9-6-7;2*1-2;/h4-6H,7H2,1-3H3;4-6H,1-3H3;2*1-2H3;1H4. The summed E-state index contributed by atoms with van der Waals surface area (Å²) < 4.78 is 4.94. The maximum atomic E-state index is 4.94. The molecular formula is C22H42O. The Labute approximate surface area is 146 Å². The van der Waals surface area contributed by atoms with Gasteiger partial charge in [0.25, 0.3) is 0 Å². The van der Waals surface area contributed by atoms with E-state index in [-0.39, 0.29) is 12.8 Å². The molecule has 1 aromatic rings. The molecule has 0 unspecified atom stereocenters. The summed E-state index contributed by atoms with van der Waals surface area (Å²) in [6.07, 6.45) is 11.2. The van der Waals surface area contributed by atoms with Crippen LogP contribution in [-0.4, -0.2) is 0 Å². The van der Waals surface area contributed by atoms with Crippen molar-refractivity contribution in [3.63, 3.8) is 0 Å². The first-order chi connectivity index (χ1) is 10.2. The molecule has 1 aliphatic carbocycles. The predicted molar refractivity (Wildman–Crippen MR) is 108 cm³/mol. The van der Waals surface area contributed by atoms with E-state index in [4.69, 9.17) is 4.42 Å². The Morgan fingerprint density at radius 3 is 1.57 bits per heavy atom. The van der Waals surface area contributed by atoms with Crippen molar-refractivity contribution < 1.29 is 4.42 Å². The van der Waals surface area contributed by atoms with Crippen LogP contribution >= 0.6 is 0 Å². The van der Waals surface area contributed by atoms with Gasteiger partial charge < -0.3 is 4.42 Å². The molecule has 1 aliphatic rings. The second-order valence-electron chi connectivity index (χ2n) is 6.84. The van der Waals surface area contributed by atoms with Crippen molar-refractivity contribution in [3.8, 4) is 0 Å². The van der Waals surface area contributed by atoms with Gasteiger partial charge in [-0.15, -0.1) is 0 Å². The molecule has 0 aliphatic heterocycles. The second kappa shape index (κ2) is 13.2. The Balaban J connectivity index is -0.000000276. The summed E-state index contributed by atoms with van der Waals surface area (Å²) in [6, 6.07) is 2.00. The van der Waals surface area contributed by atoms with Crippen LogP contribution in [0.2, 0.25) is 0 Å². The van der Waals surface area contributed by atoms with Gasteiger partial charge in [0.2, 0.25) is 0 Å². The molecule has 1 heterocycles. The first-order valence-electron chi connectivity index (χ1n) is 8.60. The molecule has 0 saturated carbocycles. The van der Waals surface area contributed by atoms with Crippen molar-refractivity contribution in [1.29, 1.82) is 0 Å². The molecule has 1 aromatic heterocycles. The van der Waals surface area contributed by atoms with Crippen LogP contribution in [0.15, 0.2) is 46.8 Å². The maximum Gasteiger partial charge on any atom is 0.0939 e. The number of furan rings is 1. The summed E-state index contributed by atoms with van der Waals surface area (Å²) in [6.45, 7) is 21.3. The van der Waals surface area contributed by atoms with Crippen LogP contribution in [0.4, 0.5) is 0 Å². The molecule has 0 radical (unpaired) electrons. The van der Waals surface area contributed by atoms with Gasteiger partial charge in [-0.05, 0) is 28.9 Å². The van der Waals surface area contributed by atoms with E-state index in [0.29, 0.717) is 5.41 Å². The molecule has 1 nitrogen and oxygen atoms in total. The number of allylic oxidation sites excluding steroid dienone is 4. The van der Waals surface area contributed by atoms with E-state index in [1.165, 1.54) is 5.56 Å². The molecule has 0 aromatic carbocycles. The van der Waals surface area contributed by atoms with Crippen molar-refractivity contribution in [3.05, 3.63) is 48.0 Å². The van der Waals surface area contributed by atoms with Gasteiger partial charge in [-0.25, -0.2) is 0 Å². The van der Waals surface area contributed by atoms with Crippen LogP contribution in [0.3, 0.4) is 0 Å². The zero-order valence-corrected chi connectivity index (χ0v) is 16.6. The quantitative estimate of drug-likeness (QED) is 0.469. The Morgan fingerprint density at radius 2 is 1.39 bits per heavy atom. The van der Waals surface area contributed by atoms with E-state index in [2.05, 4.69) is 59.8 Å². The number of rotatable bonds is 0. The fourth-order valence-electron chi connectivity index (χ4n) is 1.69. The van der Waals surface area contributed by atoms with Crippen molar-refractivity contribution in [2.45, 2.75) is 88.5 Å². The van der Waals surface area contributed by atoms with Gasteiger partial charge >= 0.3 is 0 Å². The topological polar surface area (TPSA) is 13.1 Å². The highest BCUT2D eigenvalue weighted by Crippen LogP contribution is 2.30. The molecule has 1 heteroatoms. The second-order valence-corrected chi connectivity index (χ2v) is 6.84. The molecule has 23 heavy (non-hydrogen) atoms. The van der Waals surface area contributed by atoms with Crippen molar-refractivity contribution in [2.24, 2.45) is 5.41 Å². The Morgan fingerprint density at radius 1 is 0.870 bits per heavy atom. The summed E-state index contributed by atoms with van der Waals surface area (Å²) in [5.74, 6) is 0. The van der Waals surface area contributed by atoms with Gasteiger partial charge in [0, 0.05) is 0 Å². The van der Waals surface area contributed by atoms with Crippen LogP contribution in [-0.2, 0) is 5.41 Å². The monoisotopic (exact) mass is 322 g/mol. The number of hydrogen-bond acceptors (Lipinski definition) is 1. The largest absolute Gasteiger partial charge is 0.472 e. The van der Waals surface area contributed by atoms with Crippen molar-refractivity contribution in [2.75, 3.05) is 0 Å². The zero-order chi connectivity index (χ0) is 17.8. The predicted octanol–water partition coefficient (Wildman–Crippen LogP) is 8.18. The lowest BCUT2D eigenvalue weighted by molar-refractivity contribution is 0.496. The minimum atomic E-state index is 0. The third kappa shape index (κ3) is 11.9. The van der Waals surface area contributed by atoms with E-state index in [0.717, 1.165) is 6.42 Å². The third-order valence-corrected chi connectivity index (χ3v) is 3.12. The smallest absolute Gasteiger partial charge is 0.0939 e. The zero-order valence-electron chi connectivity index (χ0n) is 16.6. The van der Waals surface area contributed by atoms with Crippen LogP contribution < -0.4 is 0 Å². The van der Waals surface area contributed by atoms with Gasteiger partial charge in [0.15, 0.2) is 0 Å². The molecule has 0 amide bonds. The average molecular weight is 323 g/mol. The van der Waals surface area contributed by atoms with E-state index in [1.54, 1.807) is 18.1 Å².